The topological polar surface area (TPSA) is 59.5 Å². The summed E-state index contributed by atoms with van der Waals surface area (Å²) in [5.74, 6) is 0.574. The van der Waals surface area contributed by atoms with Crippen LogP contribution < -0.4 is 4.74 Å². The molecule has 1 aromatic heterocycles. The molecule has 0 N–H and O–H groups in total. The third-order valence-electron chi connectivity index (χ3n) is 3.23. The van der Waals surface area contributed by atoms with Crippen LogP contribution in [0.4, 0.5) is 0 Å². The van der Waals surface area contributed by atoms with E-state index in [-0.39, 0.29) is 4.90 Å². The van der Waals surface area contributed by atoms with Crippen LogP contribution >= 0.6 is 11.3 Å². The van der Waals surface area contributed by atoms with Crippen molar-refractivity contribution in [2.24, 2.45) is 0 Å². The van der Waals surface area contributed by atoms with Crippen LogP contribution in [0, 0.1) is 6.92 Å². The van der Waals surface area contributed by atoms with E-state index in [1.165, 1.54) is 11.1 Å². The number of thiazole rings is 1. The quantitative estimate of drug-likeness (QED) is 0.774. The van der Waals surface area contributed by atoms with Crippen LogP contribution in [0.15, 0.2) is 34.7 Å². The molecule has 22 heavy (non-hydrogen) atoms. The largest absolute Gasteiger partial charge is 0.492 e. The van der Waals surface area contributed by atoms with Crippen molar-refractivity contribution in [1.82, 2.24) is 9.88 Å². The predicted molar refractivity (Wildman–Crippen MR) is 88.2 cm³/mol. The van der Waals surface area contributed by atoms with Crippen molar-refractivity contribution in [3.05, 3.63) is 40.3 Å². The van der Waals surface area contributed by atoms with Crippen molar-refractivity contribution >= 4 is 21.2 Å². The first-order valence-electron chi connectivity index (χ1n) is 6.86. The zero-order valence-corrected chi connectivity index (χ0v) is 14.6. The zero-order valence-electron chi connectivity index (χ0n) is 12.9. The smallest absolute Gasteiger partial charge is 0.175 e. The van der Waals surface area contributed by atoms with Crippen LogP contribution in [0.3, 0.4) is 0 Å². The Bertz CT molecular complexity index is 726. The fraction of sp³-hybridized carbons (Fsp3) is 0.400. The van der Waals surface area contributed by atoms with Gasteiger partial charge < -0.3 is 4.74 Å². The number of aryl methyl sites for hydroxylation is 1. The van der Waals surface area contributed by atoms with E-state index < -0.39 is 9.84 Å². The van der Waals surface area contributed by atoms with Gasteiger partial charge in [-0.25, -0.2) is 13.4 Å². The van der Waals surface area contributed by atoms with Gasteiger partial charge in [0.25, 0.3) is 0 Å². The van der Waals surface area contributed by atoms with Gasteiger partial charge in [0.05, 0.1) is 16.1 Å². The zero-order chi connectivity index (χ0) is 16.2. The van der Waals surface area contributed by atoms with Gasteiger partial charge in [-0.15, -0.1) is 11.3 Å². The highest BCUT2D eigenvalue weighted by Gasteiger charge is 2.09. The summed E-state index contributed by atoms with van der Waals surface area (Å²) in [6, 6.07) is 6.59. The molecule has 0 bridgehead atoms. The highest BCUT2D eigenvalue weighted by atomic mass is 32.2. The van der Waals surface area contributed by atoms with Gasteiger partial charge in [-0.3, -0.25) is 4.90 Å². The lowest BCUT2D eigenvalue weighted by atomic mass is 10.3. The Kier molecular flexibility index (Phi) is 5.55. The molecule has 5 nitrogen and oxygen atoms in total. The van der Waals surface area contributed by atoms with Gasteiger partial charge in [0.1, 0.15) is 12.4 Å². The summed E-state index contributed by atoms with van der Waals surface area (Å²) in [6.07, 6.45) is 1.19. The summed E-state index contributed by atoms with van der Waals surface area (Å²) >= 11 is 1.65. The molecule has 0 saturated carbocycles. The number of sulfone groups is 1. The maximum absolute atomic E-state index is 11.5. The molecule has 0 amide bonds. The maximum atomic E-state index is 11.5. The second-order valence-electron chi connectivity index (χ2n) is 5.19. The van der Waals surface area contributed by atoms with E-state index in [0.29, 0.717) is 12.4 Å². The van der Waals surface area contributed by atoms with E-state index in [1.54, 1.807) is 35.6 Å². The van der Waals surface area contributed by atoms with Gasteiger partial charge >= 0.3 is 0 Å². The fourth-order valence-electron chi connectivity index (χ4n) is 1.92. The van der Waals surface area contributed by atoms with Crippen molar-refractivity contribution in [3.8, 4) is 5.75 Å². The van der Waals surface area contributed by atoms with E-state index in [4.69, 9.17) is 4.74 Å². The van der Waals surface area contributed by atoms with E-state index in [0.717, 1.165) is 18.8 Å². The molecule has 0 atom stereocenters. The highest BCUT2D eigenvalue weighted by molar-refractivity contribution is 7.90. The minimum absolute atomic E-state index is 0.277. The summed E-state index contributed by atoms with van der Waals surface area (Å²) in [6.45, 7) is 4.10. The molecule has 0 fully saturated rings. The first-order chi connectivity index (χ1) is 10.4. The molecule has 2 aromatic rings. The monoisotopic (exact) mass is 340 g/mol. The summed E-state index contributed by atoms with van der Waals surface area (Å²) in [4.78, 5) is 7.92. The molecule has 0 unspecified atom stereocenters. The molecule has 0 saturated heterocycles. The van der Waals surface area contributed by atoms with Gasteiger partial charge in [0.2, 0.25) is 0 Å². The molecule has 2 rings (SSSR count). The second-order valence-corrected chi connectivity index (χ2v) is 8.15. The van der Waals surface area contributed by atoms with Crippen molar-refractivity contribution in [1.29, 1.82) is 0 Å². The van der Waals surface area contributed by atoms with Crippen LogP contribution in [0.5, 0.6) is 5.75 Å². The molecule has 120 valence electrons. The third kappa shape index (κ3) is 4.79. The summed E-state index contributed by atoms with van der Waals surface area (Å²) < 4.78 is 28.7. The van der Waals surface area contributed by atoms with E-state index >= 15 is 0 Å². The lowest BCUT2D eigenvalue weighted by molar-refractivity contribution is 0.233. The fourth-order valence-corrected chi connectivity index (χ4v) is 3.43. The SMILES string of the molecule is Cc1ncsc1CN(C)CCOc1cccc(S(C)(=O)=O)c1. The summed E-state index contributed by atoms with van der Waals surface area (Å²) in [5.41, 5.74) is 2.92. The van der Waals surface area contributed by atoms with E-state index in [1.807, 2.05) is 19.5 Å². The van der Waals surface area contributed by atoms with Crippen molar-refractivity contribution < 1.29 is 13.2 Å². The van der Waals surface area contributed by atoms with Crippen LogP contribution in [-0.2, 0) is 16.4 Å². The number of likely N-dealkylation sites (N-methyl/N-ethyl adjacent to an activating group) is 1. The van der Waals surface area contributed by atoms with Crippen molar-refractivity contribution in [3.63, 3.8) is 0 Å². The second kappa shape index (κ2) is 7.21. The number of aromatic nitrogens is 1. The van der Waals surface area contributed by atoms with Gasteiger partial charge in [-0.05, 0) is 32.2 Å². The molecule has 0 aliphatic rings. The molecule has 1 heterocycles. The lowest BCUT2D eigenvalue weighted by Gasteiger charge is -2.16. The number of hydrogen-bond donors (Lipinski definition) is 0. The Morgan fingerprint density at radius 2 is 2.14 bits per heavy atom. The molecule has 1 aromatic carbocycles. The number of nitrogens with zero attached hydrogens (tertiary/aromatic N) is 2. The number of benzene rings is 1. The van der Waals surface area contributed by atoms with Crippen LogP contribution in [0.2, 0.25) is 0 Å². The third-order valence-corrected chi connectivity index (χ3v) is 5.26. The molecule has 0 radical (unpaired) electrons. The van der Waals surface area contributed by atoms with Gasteiger partial charge in [-0.2, -0.15) is 0 Å². The van der Waals surface area contributed by atoms with Crippen molar-refractivity contribution in [2.45, 2.75) is 18.4 Å². The van der Waals surface area contributed by atoms with Gasteiger partial charge in [0.15, 0.2) is 9.84 Å². The Morgan fingerprint density at radius 1 is 1.36 bits per heavy atom. The Balaban J connectivity index is 1.85. The van der Waals surface area contributed by atoms with Gasteiger partial charge in [-0.1, -0.05) is 6.07 Å². The van der Waals surface area contributed by atoms with Crippen LogP contribution in [0.25, 0.3) is 0 Å². The predicted octanol–water partition coefficient (Wildman–Crippen LogP) is 2.37. The average Bonchev–Trinajstić information content (AvgIpc) is 2.84. The molecular weight excluding hydrogens is 320 g/mol. The molecular formula is C15H20N2O3S2. The van der Waals surface area contributed by atoms with Crippen LogP contribution in [-0.4, -0.2) is 44.8 Å². The average molecular weight is 340 g/mol. The minimum Gasteiger partial charge on any atom is -0.492 e. The Labute approximate surface area is 135 Å². The first kappa shape index (κ1) is 16.9. The Morgan fingerprint density at radius 3 is 2.77 bits per heavy atom. The van der Waals surface area contributed by atoms with E-state index in [2.05, 4.69) is 9.88 Å². The van der Waals surface area contributed by atoms with Gasteiger partial charge in [0, 0.05) is 24.2 Å². The minimum atomic E-state index is -3.20. The van der Waals surface area contributed by atoms with E-state index in [9.17, 15) is 8.42 Å². The highest BCUT2D eigenvalue weighted by Crippen LogP contribution is 2.17. The first-order valence-corrected chi connectivity index (χ1v) is 9.64. The molecule has 0 aliphatic heterocycles. The maximum Gasteiger partial charge on any atom is 0.175 e. The molecule has 0 aliphatic carbocycles. The number of ether oxygens (including phenoxy) is 1. The Hall–Kier alpha value is -1.44. The number of hydrogen-bond acceptors (Lipinski definition) is 6. The standard InChI is InChI=1S/C15H20N2O3S2/c1-12-15(21-11-16-12)10-17(2)7-8-20-13-5-4-6-14(9-13)22(3,18)19/h4-6,9,11H,7-8,10H2,1-3H3. The summed E-state index contributed by atoms with van der Waals surface area (Å²) in [5, 5.41) is 0. The van der Waals surface area contributed by atoms with Crippen molar-refractivity contribution in [2.75, 3.05) is 26.5 Å². The lowest BCUT2D eigenvalue weighted by Crippen LogP contribution is -2.23. The normalized spacial score (nSPS) is 11.8. The van der Waals surface area contributed by atoms with Crippen LogP contribution in [0.1, 0.15) is 10.6 Å². The molecule has 7 heteroatoms. The molecule has 0 spiro atoms. The number of rotatable bonds is 7. The summed E-state index contributed by atoms with van der Waals surface area (Å²) in [7, 11) is -1.18.